The minimum absolute atomic E-state index is 0.0124. The summed E-state index contributed by atoms with van der Waals surface area (Å²) < 4.78 is 75.5. The molecule has 4 aromatic carbocycles. The van der Waals surface area contributed by atoms with E-state index in [1.165, 1.54) is 50.7 Å². The molecule has 65 heavy (non-hydrogen) atoms. The van der Waals surface area contributed by atoms with Crippen LogP contribution in [-0.4, -0.2) is 68.1 Å². The number of methoxy groups -OCH3 is 2. The van der Waals surface area contributed by atoms with Crippen molar-refractivity contribution < 1.29 is 35.8 Å². The van der Waals surface area contributed by atoms with Crippen molar-refractivity contribution in [2.75, 3.05) is 27.4 Å². The van der Waals surface area contributed by atoms with Gasteiger partial charge in [0.15, 0.2) is 0 Å². The van der Waals surface area contributed by atoms with E-state index in [1.807, 2.05) is 67.6 Å². The van der Waals surface area contributed by atoms with Crippen LogP contribution in [0.4, 0.5) is 0 Å². The molecule has 2 aliphatic heterocycles. The molecule has 0 radical (unpaired) electrons. The fourth-order valence-electron chi connectivity index (χ4n) is 7.33. The Balaban J connectivity index is 0.000000178. The highest BCUT2D eigenvalue weighted by Gasteiger charge is 2.28. The van der Waals surface area contributed by atoms with Crippen LogP contribution in [0.25, 0.3) is 0 Å². The highest BCUT2D eigenvalue weighted by atomic mass is 35.7. The zero-order valence-electron chi connectivity index (χ0n) is 37.6. The third-order valence-electron chi connectivity index (χ3n) is 11.2. The van der Waals surface area contributed by atoms with Gasteiger partial charge >= 0.3 is 0 Å². The number of sulfonamides is 1. The monoisotopic (exact) mass is 945 g/mol. The lowest BCUT2D eigenvalue weighted by molar-refractivity contribution is -0.0397. The molecule has 4 heterocycles. The summed E-state index contributed by atoms with van der Waals surface area (Å²) in [6.07, 6.45) is 14.6. The van der Waals surface area contributed by atoms with E-state index in [4.69, 9.17) is 29.6 Å². The standard InChI is InChI=1S/C24H29N3O4S.C17H20O.C8H11ClN2O3S/c1-19-6-8-20(9-7-19)16-26(17-21-10-12-22(30-2)13-11-21)32(28,29)23-15-25-27(18-23)24-5-3-4-14-31-24;1-14-6-8-15(9-7-14)4-3-5-16-10-12-17(18-2)13-11-16;9-15(12,13)7-5-10-11(6-7)8-3-1-2-4-14-8/h6-13,15,18,24H,3-5,14,16-17H2,1-2H3;6-13H,3-5H2,1-2H3;5-6,8H,1-4H2. The first kappa shape index (κ1) is 49.4. The van der Waals surface area contributed by atoms with E-state index in [0.29, 0.717) is 13.2 Å². The lowest BCUT2D eigenvalue weighted by atomic mass is 10.0. The summed E-state index contributed by atoms with van der Waals surface area (Å²) in [4.78, 5) is 0.186. The molecule has 2 aliphatic rings. The van der Waals surface area contributed by atoms with Gasteiger partial charge in [0.05, 0.1) is 26.6 Å². The first-order chi connectivity index (χ1) is 31.3. The highest BCUT2D eigenvalue weighted by Crippen LogP contribution is 2.27. The number of halogens is 1. The van der Waals surface area contributed by atoms with E-state index >= 15 is 0 Å². The molecule has 2 unspecified atom stereocenters. The second kappa shape index (κ2) is 23.9. The van der Waals surface area contributed by atoms with Crippen LogP contribution in [0.5, 0.6) is 11.5 Å². The summed E-state index contributed by atoms with van der Waals surface area (Å²) in [5.74, 6) is 1.66. The van der Waals surface area contributed by atoms with Gasteiger partial charge < -0.3 is 18.9 Å². The molecular weight excluding hydrogens is 886 g/mol. The average Bonchev–Trinajstić information content (AvgIpc) is 4.05. The molecule has 2 saturated heterocycles. The van der Waals surface area contributed by atoms with Crippen LogP contribution in [0.2, 0.25) is 0 Å². The molecule has 0 aliphatic carbocycles. The molecule has 0 amide bonds. The summed E-state index contributed by atoms with van der Waals surface area (Å²) in [6.45, 7) is 6.00. The van der Waals surface area contributed by atoms with Crippen molar-refractivity contribution in [3.05, 3.63) is 155 Å². The van der Waals surface area contributed by atoms with Crippen LogP contribution in [0, 0.1) is 13.8 Å². The van der Waals surface area contributed by atoms with Crippen LogP contribution in [0.3, 0.4) is 0 Å². The number of aromatic nitrogens is 4. The molecule has 0 saturated carbocycles. The largest absolute Gasteiger partial charge is 0.497 e. The van der Waals surface area contributed by atoms with Gasteiger partial charge in [-0.15, -0.1) is 0 Å². The highest BCUT2D eigenvalue weighted by molar-refractivity contribution is 8.13. The van der Waals surface area contributed by atoms with Gasteiger partial charge in [-0.1, -0.05) is 83.9 Å². The second-order valence-corrected chi connectivity index (χ2v) is 20.7. The molecule has 13 nitrogen and oxygen atoms in total. The fraction of sp³-hybridized carbons (Fsp3) is 0.388. The minimum atomic E-state index is -3.78. The lowest BCUT2D eigenvalue weighted by Gasteiger charge is -2.23. The zero-order chi connectivity index (χ0) is 46.2. The van der Waals surface area contributed by atoms with Crippen molar-refractivity contribution >= 4 is 29.8 Å². The predicted molar refractivity (Wildman–Crippen MR) is 252 cm³/mol. The topological polar surface area (TPSA) is 144 Å². The molecule has 2 fully saturated rings. The summed E-state index contributed by atoms with van der Waals surface area (Å²) in [5.41, 5.74) is 7.07. The molecule has 16 heteroatoms. The van der Waals surface area contributed by atoms with Crippen molar-refractivity contribution in [2.45, 2.75) is 107 Å². The Bertz CT molecular complexity index is 2570. The maximum Gasteiger partial charge on any atom is 0.264 e. The Morgan fingerprint density at radius 3 is 1.40 bits per heavy atom. The van der Waals surface area contributed by atoms with Gasteiger partial charge in [-0.05, 0) is 118 Å². The smallest absolute Gasteiger partial charge is 0.264 e. The molecule has 0 spiro atoms. The van der Waals surface area contributed by atoms with Crippen molar-refractivity contribution in [2.24, 2.45) is 0 Å². The number of rotatable bonds is 15. The molecule has 0 N–H and O–H groups in total. The fourth-order valence-corrected chi connectivity index (χ4v) is 9.33. The van der Waals surface area contributed by atoms with Crippen molar-refractivity contribution in [3.63, 3.8) is 0 Å². The maximum absolute atomic E-state index is 13.6. The molecule has 348 valence electrons. The maximum atomic E-state index is 13.6. The van der Waals surface area contributed by atoms with Crippen LogP contribution < -0.4 is 9.47 Å². The Kier molecular flexibility index (Phi) is 18.2. The van der Waals surface area contributed by atoms with E-state index in [9.17, 15) is 16.8 Å². The normalized spacial score (nSPS) is 16.5. The van der Waals surface area contributed by atoms with Gasteiger partial charge in [0, 0.05) is 49.4 Å². The zero-order valence-corrected chi connectivity index (χ0v) is 40.0. The van der Waals surface area contributed by atoms with Crippen molar-refractivity contribution in [3.8, 4) is 11.5 Å². The van der Waals surface area contributed by atoms with Crippen LogP contribution in [0.15, 0.2) is 132 Å². The third-order valence-corrected chi connectivity index (χ3v) is 14.2. The first-order valence-electron chi connectivity index (χ1n) is 21.9. The van der Waals surface area contributed by atoms with E-state index in [-0.39, 0.29) is 35.3 Å². The number of benzene rings is 4. The van der Waals surface area contributed by atoms with Crippen molar-refractivity contribution in [1.82, 2.24) is 23.9 Å². The minimum Gasteiger partial charge on any atom is -0.497 e. The Morgan fingerprint density at radius 1 is 0.600 bits per heavy atom. The van der Waals surface area contributed by atoms with E-state index in [0.717, 1.165) is 79.6 Å². The molecular formula is C49H60ClN5O8S2. The van der Waals surface area contributed by atoms with Gasteiger partial charge in [-0.2, -0.15) is 14.5 Å². The Morgan fingerprint density at radius 2 is 1.00 bits per heavy atom. The van der Waals surface area contributed by atoms with E-state index < -0.39 is 19.1 Å². The molecule has 2 aromatic heterocycles. The van der Waals surface area contributed by atoms with Crippen LogP contribution in [0.1, 0.15) is 90.8 Å². The van der Waals surface area contributed by atoms with Crippen LogP contribution in [-0.2, 0) is 54.5 Å². The lowest BCUT2D eigenvalue weighted by Crippen LogP contribution is -2.30. The van der Waals surface area contributed by atoms with E-state index in [1.54, 1.807) is 25.1 Å². The number of nitrogens with zero attached hydrogens (tertiary/aromatic N) is 5. The molecule has 8 rings (SSSR count). The van der Waals surface area contributed by atoms with Gasteiger partial charge in [0.25, 0.3) is 9.05 Å². The van der Waals surface area contributed by atoms with E-state index in [2.05, 4.69) is 53.5 Å². The number of aryl methyl sites for hydroxylation is 4. The Hall–Kier alpha value is -5.03. The number of hydrogen-bond acceptors (Lipinski definition) is 10. The predicted octanol–water partition coefficient (Wildman–Crippen LogP) is 9.98. The summed E-state index contributed by atoms with van der Waals surface area (Å²) in [7, 11) is 1.03. The molecule has 2 atom stereocenters. The average molecular weight is 947 g/mol. The van der Waals surface area contributed by atoms with Gasteiger partial charge in [0.2, 0.25) is 10.0 Å². The van der Waals surface area contributed by atoms with Gasteiger partial charge in [-0.3, -0.25) is 0 Å². The summed E-state index contributed by atoms with van der Waals surface area (Å²) in [5, 5.41) is 8.24. The molecule has 6 aromatic rings. The number of ether oxygens (including phenoxy) is 4. The Labute approximate surface area is 388 Å². The SMILES string of the molecule is COc1ccc(CCCc2ccc(C)cc2)cc1.COc1ccc(CN(Cc2ccc(C)cc2)S(=O)(=O)c2cnn(C3CCCCO3)c2)cc1.O=S(=O)(Cl)c1cnn(C2CCCCO2)c1. The van der Waals surface area contributed by atoms with Gasteiger partial charge in [0.1, 0.15) is 33.7 Å². The third kappa shape index (κ3) is 15.0. The summed E-state index contributed by atoms with van der Waals surface area (Å²) in [6, 6.07) is 32.5. The second-order valence-electron chi connectivity index (χ2n) is 16.2. The first-order valence-corrected chi connectivity index (χ1v) is 25.7. The molecule has 0 bridgehead atoms. The quantitative estimate of drug-likeness (QED) is 0.0913. The number of hydrogen-bond donors (Lipinski definition) is 0. The summed E-state index contributed by atoms with van der Waals surface area (Å²) >= 11 is 0. The van der Waals surface area contributed by atoms with Crippen molar-refractivity contribution in [1.29, 1.82) is 0 Å². The van der Waals surface area contributed by atoms with Crippen LogP contribution >= 0.6 is 10.7 Å². The van der Waals surface area contributed by atoms with Gasteiger partial charge in [-0.25, -0.2) is 26.2 Å².